The molecule has 0 aromatic heterocycles. The van der Waals surface area contributed by atoms with E-state index < -0.39 is 29.6 Å². The average Bonchev–Trinajstić information content (AvgIpc) is 2.91. The molecule has 4 rings (SSSR count). The Kier molecular flexibility index (Phi) is 5.71. The van der Waals surface area contributed by atoms with Crippen LogP contribution >= 0.6 is 11.6 Å². The van der Waals surface area contributed by atoms with Crippen LogP contribution in [0.3, 0.4) is 0 Å². The third-order valence-electron chi connectivity index (χ3n) is 6.65. The van der Waals surface area contributed by atoms with E-state index in [4.69, 9.17) is 11.6 Å². The molecule has 2 heterocycles. The van der Waals surface area contributed by atoms with Gasteiger partial charge in [-0.2, -0.15) is 13.2 Å². The molecule has 34 heavy (non-hydrogen) atoms. The van der Waals surface area contributed by atoms with Crippen molar-refractivity contribution in [1.82, 2.24) is 4.90 Å². The van der Waals surface area contributed by atoms with Crippen molar-refractivity contribution in [2.75, 3.05) is 29.9 Å². The molecule has 1 saturated heterocycles. The summed E-state index contributed by atoms with van der Waals surface area (Å²) in [5.41, 5.74) is 1.28. The standard InChI is InChI=1S/C25H25ClF3N3O2/c1-5-21(33)31-12-24(13-31,17-7-6-8-19(26)15(17)2)30-16-9-10-18-20(11-16)32(14-25(27,28)29)22(34)23(18,3)4/h5-11,30H,1,12-14H2,2-4H3. The summed E-state index contributed by atoms with van der Waals surface area (Å²) in [4.78, 5) is 27.4. The van der Waals surface area contributed by atoms with Crippen LogP contribution in [0.4, 0.5) is 24.5 Å². The first-order chi connectivity index (χ1) is 15.8. The highest BCUT2D eigenvalue weighted by atomic mass is 35.5. The lowest BCUT2D eigenvalue weighted by atomic mass is 9.79. The number of carbonyl (C=O) groups excluding carboxylic acids is 2. The molecule has 0 spiro atoms. The number of rotatable bonds is 5. The van der Waals surface area contributed by atoms with Crippen molar-refractivity contribution in [3.63, 3.8) is 0 Å². The average molecular weight is 492 g/mol. The molecule has 1 fully saturated rings. The summed E-state index contributed by atoms with van der Waals surface area (Å²) in [6, 6.07) is 10.5. The van der Waals surface area contributed by atoms with Gasteiger partial charge >= 0.3 is 6.18 Å². The quantitative estimate of drug-likeness (QED) is 0.587. The third-order valence-corrected chi connectivity index (χ3v) is 7.06. The summed E-state index contributed by atoms with van der Waals surface area (Å²) >= 11 is 6.36. The fraction of sp³-hybridized carbons (Fsp3) is 0.360. The van der Waals surface area contributed by atoms with E-state index in [-0.39, 0.29) is 11.6 Å². The van der Waals surface area contributed by atoms with Gasteiger partial charge < -0.3 is 15.1 Å². The first kappa shape index (κ1) is 24.1. The largest absolute Gasteiger partial charge is 0.406 e. The molecule has 2 aliphatic rings. The lowest BCUT2D eigenvalue weighted by molar-refractivity contribution is -0.134. The van der Waals surface area contributed by atoms with E-state index in [1.807, 2.05) is 19.1 Å². The number of nitrogens with zero attached hydrogens (tertiary/aromatic N) is 2. The van der Waals surface area contributed by atoms with Crippen molar-refractivity contribution in [3.8, 4) is 0 Å². The summed E-state index contributed by atoms with van der Waals surface area (Å²) in [5, 5.41) is 4.01. The second kappa shape index (κ2) is 8.05. The van der Waals surface area contributed by atoms with Crippen molar-refractivity contribution in [1.29, 1.82) is 0 Å². The second-order valence-electron chi connectivity index (χ2n) is 9.38. The highest BCUT2D eigenvalue weighted by molar-refractivity contribution is 6.31. The maximum Gasteiger partial charge on any atom is 0.406 e. The predicted molar refractivity (Wildman–Crippen MR) is 126 cm³/mol. The molecule has 2 aliphatic heterocycles. The van der Waals surface area contributed by atoms with Gasteiger partial charge in [0.1, 0.15) is 6.54 Å². The van der Waals surface area contributed by atoms with Gasteiger partial charge in [-0.1, -0.05) is 36.4 Å². The Morgan fingerprint density at radius 1 is 1.21 bits per heavy atom. The van der Waals surface area contributed by atoms with Crippen LogP contribution in [0.25, 0.3) is 0 Å². The Hall–Kier alpha value is -3.00. The Bertz CT molecular complexity index is 1190. The van der Waals surface area contributed by atoms with Gasteiger partial charge in [-0.05, 0) is 61.7 Å². The molecular weight excluding hydrogens is 467 g/mol. The number of nitrogens with one attached hydrogen (secondary N) is 1. The van der Waals surface area contributed by atoms with Gasteiger partial charge in [-0.3, -0.25) is 9.59 Å². The molecule has 0 aliphatic carbocycles. The number of amides is 2. The molecule has 1 N–H and O–H groups in total. The van der Waals surface area contributed by atoms with E-state index in [0.29, 0.717) is 29.4 Å². The second-order valence-corrected chi connectivity index (χ2v) is 9.79. The summed E-state index contributed by atoms with van der Waals surface area (Å²) in [5.74, 6) is -0.807. The Balaban J connectivity index is 1.74. The van der Waals surface area contributed by atoms with Gasteiger partial charge in [0.25, 0.3) is 0 Å². The number of anilines is 2. The van der Waals surface area contributed by atoms with Crippen LogP contribution in [-0.4, -0.2) is 42.5 Å². The minimum absolute atomic E-state index is 0.213. The van der Waals surface area contributed by atoms with Crippen LogP contribution in [0.5, 0.6) is 0 Å². The first-order valence-electron chi connectivity index (χ1n) is 10.8. The van der Waals surface area contributed by atoms with E-state index in [9.17, 15) is 22.8 Å². The maximum absolute atomic E-state index is 13.3. The van der Waals surface area contributed by atoms with Crippen molar-refractivity contribution < 1.29 is 22.8 Å². The van der Waals surface area contributed by atoms with Crippen molar-refractivity contribution >= 4 is 34.8 Å². The number of hydrogen-bond donors (Lipinski definition) is 1. The van der Waals surface area contributed by atoms with E-state index in [0.717, 1.165) is 16.0 Å². The molecule has 2 amide bonds. The predicted octanol–water partition coefficient (Wildman–Crippen LogP) is 5.17. The van der Waals surface area contributed by atoms with Crippen LogP contribution in [-0.2, 0) is 20.5 Å². The van der Waals surface area contributed by atoms with Crippen LogP contribution in [0.1, 0.15) is 30.5 Å². The van der Waals surface area contributed by atoms with E-state index in [2.05, 4.69) is 11.9 Å². The normalized spacial score (nSPS) is 18.4. The van der Waals surface area contributed by atoms with Gasteiger partial charge in [-0.25, -0.2) is 0 Å². The molecular formula is C25H25ClF3N3O2. The van der Waals surface area contributed by atoms with Gasteiger partial charge in [0, 0.05) is 10.7 Å². The zero-order valence-corrected chi connectivity index (χ0v) is 19.8. The Labute approximate surface area is 201 Å². The van der Waals surface area contributed by atoms with Gasteiger partial charge in [0.15, 0.2) is 0 Å². The van der Waals surface area contributed by atoms with E-state index in [1.54, 1.807) is 43.0 Å². The number of alkyl halides is 3. The molecule has 0 bridgehead atoms. The third kappa shape index (κ3) is 3.94. The number of fused-ring (bicyclic) bond motifs is 1. The van der Waals surface area contributed by atoms with Crippen LogP contribution in [0.2, 0.25) is 5.02 Å². The number of benzene rings is 2. The molecule has 9 heteroatoms. The molecule has 2 aromatic rings. The minimum atomic E-state index is -4.53. The van der Waals surface area contributed by atoms with Gasteiger partial charge in [0.2, 0.25) is 11.8 Å². The highest BCUT2D eigenvalue weighted by Gasteiger charge is 2.49. The van der Waals surface area contributed by atoms with Crippen LogP contribution in [0, 0.1) is 6.92 Å². The van der Waals surface area contributed by atoms with Crippen molar-refractivity contribution in [2.45, 2.75) is 37.9 Å². The van der Waals surface area contributed by atoms with Crippen molar-refractivity contribution in [2.24, 2.45) is 0 Å². The van der Waals surface area contributed by atoms with Crippen LogP contribution in [0.15, 0.2) is 49.1 Å². The van der Waals surface area contributed by atoms with Gasteiger partial charge in [-0.15, -0.1) is 0 Å². The molecule has 5 nitrogen and oxygen atoms in total. The highest BCUT2D eigenvalue weighted by Crippen LogP contribution is 2.45. The molecule has 2 aromatic carbocycles. The smallest absolute Gasteiger partial charge is 0.372 e. The lowest BCUT2D eigenvalue weighted by Crippen LogP contribution is -2.65. The summed E-state index contributed by atoms with van der Waals surface area (Å²) < 4.78 is 39.8. The van der Waals surface area contributed by atoms with Crippen molar-refractivity contribution in [3.05, 3.63) is 70.8 Å². The number of hydrogen-bond acceptors (Lipinski definition) is 3. The SMILES string of the molecule is C=CC(=O)N1CC(Nc2ccc3c(c2)N(CC(F)(F)F)C(=O)C3(C)C)(c2cccc(Cl)c2C)C1. The minimum Gasteiger partial charge on any atom is -0.372 e. The summed E-state index contributed by atoms with van der Waals surface area (Å²) in [6.07, 6.45) is -3.29. The maximum atomic E-state index is 13.3. The zero-order chi connectivity index (χ0) is 25.1. The molecule has 0 atom stereocenters. The van der Waals surface area contributed by atoms with Gasteiger partial charge in [0.05, 0.1) is 29.7 Å². The Morgan fingerprint density at radius 3 is 2.50 bits per heavy atom. The van der Waals surface area contributed by atoms with Crippen LogP contribution < -0.4 is 10.2 Å². The Morgan fingerprint density at radius 2 is 1.88 bits per heavy atom. The summed E-state index contributed by atoms with van der Waals surface area (Å²) in [7, 11) is 0. The molecule has 0 saturated carbocycles. The monoisotopic (exact) mass is 491 g/mol. The lowest BCUT2D eigenvalue weighted by Gasteiger charge is -2.51. The van der Waals surface area contributed by atoms with E-state index in [1.165, 1.54) is 6.08 Å². The number of carbonyl (C=O) groups is 2. The molecule has 0 unspecified atom stereocenters. The fourth-order valence-electron chi connectivity index (χ4n) is 4.87. The molecule has 180 valence electrons. The number of halogens is 4. The molecule has 0 radical (unpaired) electrons. The first-order valence-corrected chi connectivity index (χ1v) is 11.2. The fourth-order valence-corrected chi connectivity index (χ4v) is 5.04. The zero-order valence-electron chi connectivity index (χ0n) is 19.1. The topological polar surface area (TPSA) is 52.7 Å². The van der Waals surface area contributed by atoms with E-state index >= 15 is 0 Å². The summed E-state index contributed by atoms with van der Waals surface area (Å²) in [6.45, 7) is 7.96. The number of likely N-dealkylation sites (tertiary alicyclic amines) is 1.